The lowest BCUT2D eigenvalue weighted by Crippen LogP contribution is -2.46. The lowest BCUT2D eigenvalue weighted by molar-refractivity contribution is -0.0152. The average molecular weight is 236 g/mol. The molecule has 0 aromatic heterocycles. The van der Waals surface area contributed by atoms with Crippen LogP contribution in [0.15, 0.2) is 11.1 Å². The summed E-state index contributed by atoms with van der Waals surface area (Å²) in [5.74, 6) is 0.911. The summed E-state index contributed by atoms with van der Waals surface area (Å²) in [6, 6.07) is 0. The van der Waals surface area contributed by atoms with Crippen molar-refractivity contribution < 1.29 is 10.2 Å². The number of hydrogen-bond acceptors (Lipinski definition) is 2. The Morgan fingerprint density at radius 2 is 2.00 bits per heavy atom. The summed E-state index contributed by atoms with van der Waals surface area (Å²) in [4.78, 5) is 0. The number of aliphatic hydroxyl groups is 2. The normalized spacial score (nSPS) is 47.5. The molecule has 0 saturated heterocycles. The van der Waals surface area contributed by atoms with E-state index in [2.05, 4.69) is 20.8 Å². The van der Waals surface area contributed by atoms with E-state index in [9.17, 15) is 10.2 Å². The summed E-state index contributed by atoms with van der Waals surface area (Å²) in [7, 11) is 0. The Labute approximate surface area is 104 Å². The van der Waals surface area contributed by atoms with Crippen LogP contribution in [0.25, 0.3) is 0 Å². The van der Waals surface area contributed by atoms with Crippen molar-refractivity contribution in [3.05, 3.63) is 11.1 Å². The Balaban J connectivity index is 2.05. The van der Waals surface area contributed by atoms with Gasteiger partial charge in [0.05, 0.1) is 12.7 Å². The summed E-state index contributed by atoms with van der Waals surface area (Å²) >= 11 is 0. The van der Waals surface area contributed by atoms with Crippen LogP contribution >= 0.6 is 0 Å². The van der Waals surface area contributed by atoms with Crippen LogP contribution in [-0.4, -0.2) is 22.9 Å². The molecule has 2 N–H and O–H groups in total. The second-order valence-corrected chi connectivity index (χ2v) is 7.37. The highest BCUT2D eigenvalue weighted by molar-refractivity contribution is 5.34. The molecule has 0 unspecified atom stereocenters. The molecule has 0 amide bonds. The summed E-state index contributed by atoms with van der Waals surface area (Å²) in [6.45, 7) is 6.85. The first-order chi connectivity index (χ1) is 7.89. The van der Waals surface area contributed by atoms with Crippen molar-refractivity contribution in [2.24, 2.45) is 22.7 Å². The van der Waals surface area contributed by atoms with Gasteiger partial charge in [0.25, 0.3) is 0 Å². The standard InChI is InChI=1S/C15H24O2/c1-14(2)6-9-10(13(14)17)7-15(3)5-4-12(15)11(9)8-16/h10,12-13,16-17H,4-8H2,1-3H3/t10-,12+,13+,15-/m0/s1. The molecule has 0 aliphatic heterocycles. The van der Waals surface area contributed by atoms with Crippen LogP contribution in [0.5, 0.6) is 0 Å². The van der Waals surface area contributed by atoms with E-state index in [0.717, 1.165) is 12.8 Å². The molecule has 2 heteroatoms. The third-order valence-corrected chi connectivity index (χ3v) is 5.81. The van der Waals surface area contributed by atoms with Gasteiger partial charge in [0.15, 0.2) is 0 Å². The van der Waals surface area contributed by atoms with Crippen LogP contribution in [0.4, 0.5) is 0 Å². The van der Waals surface area contributed by atoms with Crippen molar-refractivity contribution >= 4 is 0 Å². The van der Waals surface area contributed by atoms with Crippen molar-refractivity contribution in [1.29, 1.82) is 0 Å². The summed E-state index contributed by atoms with van der Waals surface area (Å²) < 4.78 is 0. The first kappa shape index (κ1) is 11.7. The minimum atomic E-state index is -0.225. The first-order valence-electron chi connectivity index (χ1n) is 6.90. The Hall–Kier alpha value is -0.340. The van der Waals surface area contributed by atoms with Crippen molar-refractivity contribution in [1.82, 2.24) is 0 Å². The molecule has 2 saturated carbocycles. The van der Waals surface area contributed by atoms with Crippen molar-refractivity contribution in [2.45, 2.75) is 52.6 Å². The zero-order valence-corrected chi connectivity index (χ0v) is 11.2. The molecule has 0 spiro atoms. The Morgan fingerprint density at radius 3 is 2.53 bits per heavy atom. The summed E-state index contributed by atoms with van der Waals surface area (Å²) in [5.41, 5.74) is 3.01. The number of aliphatic hydroxyl groups excluding tert-OH is 2. The van der Waals surface area contributed by atoms with Crippen LogP contribution in [0, 0.1) is 22.7 Å². The van der Waals surface area contributed by atoms with E-state index in [0.29, 0.717) is 17.3 Å². The van der Waals surface area contributed by atoms with E-state index >= 15 is 0 Å². The van der Waals surface area contributed by atoms with Gasteiger partial charge in [0, 0.05) is 5.92 Å². The maximum atomic E-state index is 10.5. The minimum Gasteiger partial charge on any atom is -0.392 e. The lowest BCUT2D eigenvalue weighted by atomic mass is 9.51. The third kappa shape index (κ3) is 1.40. The molecule has 96 valence electrons. The second-order valence-electron chi connectivity index (χ2n) is 7.37. The average Bonchev–Trinajstić information content (AvgIpc) is 2.46. The smallest absolute Gasteiger partial charge is 0.0659 e. The monoisotopic (exact) mass is 236 g/mol. The molecule has 0 aromatic carbocycles. The number of rotatable bonds is 1. The van der Waals surface area contributed by atoms with E-state index in [1.165, 1.54) is 24.0 Å². The van der Waals surface area contributed by atoms with Gasteiger partial charge in [-0.3, -0.25) is 0 Å². The van der Waals surface area contributed by atoms with Gasteiger partial charge in [-0.25, -0.2) is 0 Å². The third-order valence-electron chi connectivity index (χ3n) is 5.81. The SMILES string of the molecule is CC1(C)CC2=C(CO)[C@H]3CC[C@@]3(C)C[C@@H]2[C@H]1O. The highest BCUT2D eigenvalue weighted by Crippen LogP contribution is 2.63. The predicted molar refractivity (Wildman–Crippen MR) is 67.5 cm³/mol. The fourth-order valence-electron chi connectivity index (χ4n) is 4.61. The van der Waals surface area contributed by atoms with E-state index < -0.39 is 0 Å². The number of hydrogen-bond donors (Lipinski definition) is 2. The molecule has 0 bridgehead atoms. The molecule has 4 atom stereocenters. The molecule has 3 aliphatic rings. The maximum absolute atomic E-state index is 10.5. The fraction of sp³-hybridized carbons (Fsp3) is 0.867. The van der Waals surface area contributed by atoms with Gasteiger partial charge in [-0.05, 0) is 48.0 Å². The van der Waals surface area contributed by atoms with E-state index in [-0.39, 0.29) is 18.1 Å². The molecule has 3 aliphatic carbocycles. The van der Waals surface area contributed by atoms with Gasteiger partial charge in [0.1, 0.15) is 0 Å². The highest BCUT2D eigenvalue weighted by Gasteiger charge is 2.56. The molecule has 0 heterocycles. The van der Waals surface area contributed by atoms with Gasteiger partial charge < -0.3 is 10.2 Å². The van der Waals surface area contributed by atoms with Gasteiger partial charge in [-0.1, -0.05) is 26.3 Å². The molecular weight excluding hydrogens is 212 g/mol. The topological polar surface area (TPSA) is 40.5 Å². The van der Waals surface area contributed by atoms with Crippen LogP contribution in [-0.2, 0) is 0 Å². The molecular formula is C15H24O2. The predicted octanol–water partition coefficient (Wildman–Crippen LogP) is 2.50. The van der Waals surface area contributed by atoms with Gasteiger partial charge in [0.2, 0.25) is 0 Å². The van der Waals surface area contributed by atoms with Crippen LogP contribution in [0.3, 0.4) is 0 Å². The van der Waals surface area contributed by atoms with E-state index in [1.807, 2.05) is 0 Å². The van der Waals surface area contributed by atoms with E-state index in [1.54, 1.807) is 0 Å². The summed E-state index contributed by atoms with van der Waals surface area (Å²) in [6.07, 6.45) is 4.37. The van der Waals surface area contributed by atoms with Crippen LogP contribution in [0.2, 0.25) is 0 Å². The Kier molecular flexibility index (Phi) is 2.32. The molecule has 0 radical (unpaired) electrons. The van der Waals surface area contributed by atoms with Crippen LogP contribution < -0.4 is 0 Å². The van der Waals surface area contributed by atoms with Crippen LogP contribution in [0.1, 0.15) is 46.5 Å². The van der Waals surface area contributed by atoms with Crippen molar-refractivity contribution in [3.63, 3.8) is 0 Å². The first-order valence-corrected chi connectivity index (χ1v) is 6.90. The second kappa shape index (κ2) is 3.36. The minimum absolute atomic E-state index is 0.0133. The Morgan fingerprint density at radius 1 is 1.29 bits per heavy atom. The maximum Gasteiger partial charge on any atom is 0.0659 e. The zero-order chi connectivity index (χ0) is 12.4. The zero-order valence-electron chi connectivity index (χ0n) is 11.2. The lowest BCUT2D eigenvalue weighted by Gasteiger charge is -2.54. The largest absolute Gasteiger partial charge is 0.392 e. The Bertz CT molecular complexity index is 382. The molecule has 3 rings (SSSR count). The highest BCUT2D eigenvalue weighted by atomic mass is 16.3. The van der Waals surface area contributed by atoms with Gasteiger partial charge in [-0.2, -0.15) is 0 Å². The van der Waals surface area contributed by atoms with Crippen molar-refractivity contribution in [3.8, 4) is 0 Å². The quantitative estimate of drug-likeness (QED) is 0.687. The molecule has 0 aromatic rings. The van der Waals surface area contributed by atoms with Crippen molar-refractivity contribution in [2.75, 3.05) is 6.61 Å². The molecule has 2 fully saturated rings. The van der Waals surface area contributed by atoms with E-state index in [4.69, 9.17) is 0 Å². The number of fused-ring (bicyclic) bond motifs is 2. The summed E-state index contributed by atoms with van der Waals surface area (Å²) in [5, 5.41) is 20.2. The van der Waals surface area contributed by atoms with Gasteiger partial charge >= 0.3 is 0 Å². The molecule has 17 heavy (non-hydrogen) atoms. The molecule has 2 nitrogen and oxygen atoms in total. The fourth-order valence-corrected chi connectivity index (χ4v) is 4.61. The van der Waals surface area contributed by atoms with Gasteiger partial charge in [-0.15, -0.1) is 0 Å².